The highest BCUT2D eigenvalue weighted by molar-refractivity contribution is 6.12. The lowest BCUT2D eigenvalue weighted by atomic mass is 9.97. The van der Waals surface area contributed by atoms with Gasteiger partial charge in [-0.1, -0.05) is 97.1 Å². The number of aromatic nitrogens is 2. The molecule has 8 aromatic rings. The van der Waals surface area contributed by atoms with Gasteiger partial charge in [0.25, 0.3) is 0 Å². The summed E-state index contributed by atoms with van der Waals surface area (Å²) in [5.41, 5.74) is 7.00. The van der Waals surface area contributed by atoms with Crippen LogP contribution in [0.1, 0.15) is 0 Å². The number of hydrogen-bond acceptors (Lipinski definition) is 4. The second-order valence-electron chi connectivity index (χ2n) is 11.0. The van der Waals surface area contributed by atoms with Gasteiger partial charge in [0.05, 0.1) is 22.6 Å². The van der Waals surface area contributed by atoms with E-state index in [1.807, 2.05) is 36.4 Å². The summed E-state index contributed by atoms with van der Waals surface area (Å²) in [5, 5.41) is 5.69. The van der Waals surface area contributed by atoms with E-state index in [9.17, 15) is 0 Å². The molecule has 0 fully saturated rings. The number of fused-ring (bicyclic) bond motifs is 6. The first kappa shape index (κ1) is 24.6. The van der Waals surface area contributed by atoms with Crippen molar-refractivity contribution < 1.29 is 4.74 Å². The van der Waals surface area contributed by atoms with Crippen LogP contribution in [0.15, 0.2) is 152 Å². The normalized spacial score (nSPS) is 12.2. The summed E-state index contributed by atoms with van der Waals surface area (Å²) in [6, 6.07) is 52.5. The quantitative estimate of drug-likeness (QED) is 0.200. The van der Waals surface area contributed by atoms with Crippen LogP contribution < -0.4 is 9.64 Å². The van der Waals surface area contributed by atoms with Gasteiger partial charge in [0.2, 0.25) is 0 Å². The Kier molecular flexibility index (Phi) is 5.47. The highest BCUT2D eigenvalue weighted by atomic mass is 16.5. The predicted octanol–water partition coefficient (Wildman–Crippen LogP) is 10.8. The third-order valence-corrected chi connectivity index (χ3v) is 8.45. The lowest BCUT2D eigenvalue weighted by Gasteiger charge is -2.32. The fourth-order valence-corrected chi connectivity index (χ4v) is 6.37. The molecule has 7 aromatic carbocycles. The van der Waals surface area contributed by atoms with Crippen LogP contribution in [-0.4, -0.2) is 9.97 Å². The van der Waals surface area contributed by atoms with E-state index < -0.39 is 0 Å². The van der Waals surface area contributed by atoms with Crippen LogP contribution in [0.2, 0.25) is 0 Å². The minimum Gasteiger partial charge on any atom is -0.453 e. The van der Waals surface area contributed by atoms with Crippen molar-refractivity contribution in [1.29, 1.82) is 0 Å². The molecule has 206 valence electrons. The molecule has 0 saturated carbocycles. The van der Waals surface area contributed by atoms with Crippen LogP contribution in [-0.2, 0) is 0 Å². The molecule has 4 heteroatoms. The van der Waals surface area contributed by atoms with E-state index >= 15 is 0 Å². The third-order valence-electron chi connectivity index (χ3n) is 8.45. The Bertz CT molecular complexity index is 2330. The molecule has 0 saturated heterocycles. The van der Waals surface area contributed by atoms with Crippen molar-refractivity contribution in [2.75, 3.05) is 4.90 Å². The van der Waals surface area contributed by atoms with Crippen molar-refractivity contribution in [1.82, 2.24) is 9.97 Å². The molecule has 0 atom stereocenters. The van der Waals surface area contributed by atoms with Gasteiger partial charge < -0.3 is 9.64 Å². The van der Waals surface area contributed by atoms with Crippen molar-refractivity contribution >= 4 is 49.5 Å². The summed E-state index contributed by atoms with van der Waals surface area (Å²) in [4.78, 5) is 12.7. The van der Waals surface area contributed by atoms with Gasteiger partial charge in [-0.2, -0.15) is 0 Å². The van der Waals surface area contributed by atoms with Crippen molar-refractivity contribution in [3.63, 3.8) is 0 Å². The highest BCUT2D eigenvalue weighted by Crippen LogP contribution is 2.50. The SMILES string of the molecule is c1ccc2c(c1)Oc1ccccc1N2c1ccc(-c2nc(-c3cccc4ccccc34)c3ccc4ccccc4c3n2)cc1. The summed E-state index contributed by atoms with van der Waals surface area (Å²) in [6.07, 6.45) is 0. The van der Waals surface area contributed by atoms with Crippen LogP contribution in [0, 0.1) is 0 Å². The summed E-state index contributed by atoms with van der Waals surface area (Å²) < 4.78 is 6.22. The molecule has 0 unspecified atom stereocenters. The molecular formula is C40H25N3O. The van der Waals surface area contributed by atoms with Gasteiger partial charge in [0, 0.05) is 27.6 Å². The van der Waals surface area contributed by atoms with Crippen molar-refractivity contribution in [3.8, 4) is 34.1 Å². The molecule has 0 N–H and O–H groups in total. The smallest absolute Gasteiger partial charge is 0.160 e. The Morgan fingerprint density at radius 3 is 1.82 bits per heavy atom. The Labute approximate surface area is 254 Å². The van der Waals surface area contributed by atoms with E-state index in [4.69, 9.17) is 14.7 Å². The largest absolute Gasteiger partial charge is 0.453 e. The van der Waals surface area contributed by atoms with Gasteiger partial charge >= 0.3 is 0 Å². The summed E-state index contributed by atoms with van der Waals surface area (Å²) in [5.74, 6) is 2.37. The van der Waals surface area contributed by atoms with Crippen LogP contribution in [0.25, 0.3) is 55.1 Å². The molecule has 44 heavy (non-hydrogen) atoms. The van der Waals surface area contributed by atoms with E-state index in [2.05, 4.69) is 120 Å². The first-order valence-corrected chi connectivity index (χ1v) is 14.8. The van der Waals surface area contributed by atoms with Crippen LogP contribution >= 0.6 is 0 Å². The fourth-order valence-electron chi connectivity index (χ4n) is 6.37. The maximum Gasteiger partial charge on any atom is 0.160 e. The molecule has 0 aliphatic carbocycles. The molecule has 1 aliphatic rings. The molecule has 4 nitrogen and oxygen atoms in total. The van der Waals surface area contributed by atoms with E-state index in [-0.39, 0.29) is 0 Å². The number of rotatable bonds is 3. The van der Waals surface area contributed by atoms with Gasteiger partial charge in [0.15, 0.2) is 17.3 Å². The summed E-state index contributed by atoms with van der Waals surface area (Å²) >= 11 is 0. The Morgan fingerprint density at radius 2 is 1.07 bits per heavy atom. The number of benzene rings is 7. The van der Waals surface area contributed by atoms with Gasteiger partial charge in [-0.05, 0) is 70.8 Å². The average molecular weight is 564 g/mol. The molecule has 0 radical (unpaired) electrons. The molecule has 1 aromatic heterocycles. The summed E-state index contributed by atoms with van der Waals surface area (Å²) in [6.45, 7) is 0. The number of nitrogens with zero attached hydrogens (tertiary/aromatic N) is 3. The lowest BCUT2D eigenvalue weighted by Crippen LogP contribution is -2.15. The maximum atomic E-state index is 6.22. The molecule has 0 spiro atoms. The number of para-hydroxylation sites is 4. The van der Waals surface area contributed by atoms with Gasteiger partial charge in [-0.3, -0.25) is 0 Å². The van der Waals surface area contributed by atoms with Crippen molar-refractivity contribution in [2.24, 2.45) is 0 Å². The first-order chi connectivity index (χ1) is 21.8. The zero-order chi connectivity index (χ0) is 29.0. The van der Waals surface area contributed by atoms with E-state index in [1.165, 1.54) is 10.8 Å². The minimum absolute atomic E-state index is 0.700. The summed E-state index contributed by atoms with van der Waals surface area (Å²) in [7, 11) is 0. The van der Waals surface area contributed by atoms with Crippen LogP contribution in [0.3, 0.4) is 0 Å². The standard InChI is InChI=1S/C40H25N3O/c1-3-13-30-26(10-1)12-9-15-32(30)39-33-25-22-27-11-2-4-14-31(27)38(33)41-40(42-39)28-20-23-29(24-21-28)43-34-16-5-7-18-36(34)44-37-19-8-6-17-35(37)43/h1-25H. The van der Waals surface area contributed by atoms with Crippen molar-refractivity contribution in [2.45, 2.75) is 0 Å². The zero-order valence-corrected chi connectivity index (χ0v) is 23.7. The minimum atomic E-state index is 0.700. The van der Waals surface area contributed by atoms with E-state index in [0.717, 1.165) is 67.1 Å². The third kappa shape index (κ3) is 3.85. The average Bonchev–Trinajstić information content (AvgIpc) is 3.10. The Hall–Kier alpha value is -6.00. The van der Waals surface area contributed by atoms with Crippen LogP contribution in [0.4, 0.5) is 17.1 Å². The second-order valence-corrected chi connectivity index (χ2v) is 11.0. The maximum absolute atomic E-state index is 6.22. The monoisotopic (exact) mass is 563 g/mol. The molecule has 1 aliphatic heterocycles. The first-order valence-electron chi connectivity index (χ1n) is 14.8. The highest BCUT2D eigenvalue weighted by Gasteiger charge is 2.25. The topological polar surface area (TPSA) is 38.2 Å². The van der Waals surface area contributed by atoms with Gasteiger partial charge in [-0.25, -0.2) is 9.97 Å². The second kappa shape index (κ2) is 9.79. The Morgan fingerprint density at radius 1 is 0.455 bits per heavy atom. The van der Waals surface area contributed by atoms with E-state index in [1.54, 1.807) is 0 Å². The molecule has 2 heterocycles. The number of anilines is 3. The lowest BCUT2D eigenvalue weighted by molar-refractivity contribution is 0.477. The molecule has 9 rings (SSSR count). The number of ether oxygens (including phenoxy) is 1. The molecule has 0 amide bonds. The zero-order valence-electron chi connectivity index (χ0n) is 23.7. The number of hydrogen-bond donors (Lipinski definition) is 0. The fraction of sp³-hybridized carbons (Fsp3) is 0. The van der Waals surface area contributed by atoms with Crippen molar-refractivity contribution in [3.05, 3.63) is 152 Å². The van der Waals surface area contributed by atoms with Gasteiger partial charge in [-0.15, -0.1) is 0 Å². The van der Waals surface area contributed by atoms with Gasteiger partial charge in [0.1, 0.15) is 0 Å². The predicted molar refractivity (Wildman–Crippen MR) is 180 cm³/mol. The Balaban J connectivity index is 1.24. The van der Waals surface area contributed by atoms with Crippen LogP contribution in [0.5, 0.6) is 11.5 Å². The molecular weight excluding hydrogens is 538 g/mol. The molecule has 0 bridgehead atoms. The van der Waals surface area contributed by atoms with E-state index in [0.29, 0.717) is 5.82 Å².